The van der Waals surface area contributed by atoms with E-state index in [1.54, 1.807) is 12.1 Å². The molecule has 0 bridgehead atoms. The number of amides is 1. The van der Waals surface area contributed by atoms with Crippen LogP contribution >= 0.6 is 27.5 Å². The van der Waals surface area contributed by atoms with E-state index in [0.29, 0.717) is 18.9 Å². The summed E-state index contributed by atoms with van der Waals surface area (Å²) in [5.41, 5.74) is 1.80. The summed E-state index contributed by atoms with van der Waals surface area (Å²) in [6, 6.07) is 20.2. The zero-order valence-electron chi connectivity index (χ0n) is 14.3. The lowest BCUT2D eigenvalue weighted by molar-refractivity contribution is 0.0944. The Bertz CT molecular complexity index is 930. The van der Waals surface area contributed by atoms with E-state index in [9.17, 15) is 9.90 Å². The summed E-state index contributed by atoms with van der Waals surface area (Å²) < 4.78 is 6.54. The van der Waals surface area contributed by atoms with Crippen LogP contribution in [0.4, 0.5) is 0 Å². The van der Waals surface area contributed by atoms with Crippen LogP contribution in [0.5, 0.6) is 11.5 Å². The number of halogens is 2. The Morgan fingerprint density at radius 3 is 2.44 bits per heavy atom. The fourth-order valence-corrected chi connectivity index (χ4v) is 3.01. The van der Waals surface area contributed by atoms with Crippen LogP contribution in [0.2, 0.25) is 5.02 Å². The van der Waals surface area contributed by atoms with Gasteiger partial charge in [-0.2, -0.15) is 0 Å². The molecule has 0 radical (unpaired) electrons. The van der Waals surface area contributed by atoms with Gasteiger partial charge in [-0.1, -0.05) is 57.9 Å². The second-order valence-electron chi connectivity index (χ2n) is 5.78. The average Bonchev–Trinajstić information content (AvgIpc) is 2.69. The molecule has 2 N–H and O–H groups in total. The minimum absolute atomic E-state index is 0.130. The first kappa shape index (κ1) is 19.3. The highest BCUT2D eigenvalue weighted by Crippen LogP contribution is 2.33. The fourth-order valence-electron chi connectivity index (χ4n) is 2.53. The number of aromatic hydroxyl groups is 1. The van der Waals surface area contributed by atoms with Crippen molar-refractivity contribution in [2.45, 2.75) is 0 Å². The predicted octanol–water partition coefficient (Wildman–Crippen LogP) is 5.28. The second kappa shape index (κ2) is 8.93. The molecule has 0 heterocycles. The van der Waals surface area contributed by atoms with Crippen LogP contribution in [0.1, 0.15) is 10.4 Å². The maximum Gasteiger partial charge on any atom is 0.255 e. The number of ether oxygens (including phenoxy) is 1. The Morgan fingerprint density at radius 2 is 1.74 bits per heavy atom. The van der Waals surface area contributed by atoms with Crippen molar-refractivity contribution < 1.29 is 14.6 Å². The van der Waals surface area contributed by atoms with Gasteiger partial charge in [0.25, 0.3) is 5.91 Å². The molecule has 0 saturated heterocycles. The first-order valence-electron chi connectivity index (χ1n) is 8.29. The summed E-state index contributed by atoms with van der Waals surface area (Å²) in [7, 11) is 0. The van der Waals surface area contributed by atoms with Gasteiger partial charge in [-0.05, 0) is 47.5 Å². The van der Waals surface area contributed by atoms with E-state index in [1.807, 2.05) is 54.6 Å². The molecule has 6 heteroatoms. The Hall–Kier alpha value is -2.50. The number of rotatable bonds is 6. The van der Waals surface area contributed by atoms with Crippen LogP contribution in [-0.4, -0.2) is 24.2 Å². The monoisotopic (exact) mass is 445 g/mol. The standard InChI is InChI=1S/C21H17BrClNO3/c22-16-6-8-17(9-7-16)27-11-10-24-21(26)18-12-15(13-19(23)20(18)25)14-4-2-1-3-5-14/h1-9,12-13,25H,10-11H2,(H,24,26). The van der Waals surface area contributed by atoms with Crippen molar-refractivity contribution in [3.05, 3.63) is 81.8 Å². The molecule has 3 aromatic rings. The molecule has 138 valence electrons. The van der Waals surface area contributed by atoms with Crippen LogP contribution in [0.15, 0.2) is 71.2 Å². The molecule has 0 spiro atoms. The summed E-state index contributed by atoms with van der Waals surface area (Å²) in [6.07, 6.45) is 0. The molecule has 0 aromatic heterocycles. The van der Waals surface area contributed by atoms with E-state index < -0.39 is 5.91 Å². The number of carbonyl (C=O) groups excluding carboxylic acids is 1. The third-order valence-electron chi connectivity index (χ3n) is 3.89. The van der Waals surface area contributed by atoms with E-state index in [2.05, 4.69) is 21.2 Å². The SMILES string of the molecule is O=C(NCCOc1ccc(Br)cc1)c1cc(-c2ccccc2)cc(Cl)c1O. The highest BCUT2D eigenvalue weighted by atomic mass is 79.9. The van der Waals surface area contributed by atoms with Gasteiger partial charge < -0.3 is 15.2 Å². The van der Waals surface area contributed by atoms with Gasteiger partial charge in [-0.15, -0.1) is 0 Å². The van der Waals surface area contributed by atoms with Crippen molar-refractivity contribution in [3.8, 4) is 22.6 Å². The van der Waals surface area contributed by atoms with E-state index >= 15 is 0 Å². The molecular weight excluding hydrogens is 430 g/mol. The van der Waals surface area contributed by atoms with Crippen molar-refractivity contribution in [1.29, 1.82) is 0 Å². The number of carbonyl (C=O) groups is 1. The highest BCUT2D eigenvalue weighted by Gasteiger charge is 2.16. The zero-order chi connectivity index (χ0) is 19.2. The molecule has 0 aliphatic carbocycles. The number of hydrogen-bond donors (Lipinski definition) is 2. The number of phenols is 1. The summed E-state index contributed by atoms with van der Waals surface area (Å²) in [5.74, 6) is 0.0682. The van der Waals surface area contributed by atoms with E-state index in [0.717, 1.165) is 15.6 Å². The van der Waals surface area contributed by atoms with Crippen LogP contribution in [0, 0.1) is 0 Å². The Labute approximate surface area is 170 Å². The van der Waals surface area contributed by atoms with Gasteiger partial charge in [0.2, 0.25) is 0 Å². The van der Waals surface area contributed by atoms with Crippen molar-refractivity contribution >= 4 is 33.4 Å². The lowest BCUT2D eigenvalue weighted by atomic mass is 10.0. The minimum atomic E-state index is -0.411. The van der Waals surface area contributed by atoms with Gasteiger partial charge in [0, 0.05) is 4.47 Å². The molecule has 1 amide bonds. The summed E-state index contributed by atoms with van der Waals surface area (Å²) >= 11 is 9.47. The molecule has 0 fully saturated rings. The molecular formula is C21H17BrClNO3. The third kappa shape index (κ3) is 5.02. The predicted molar refractivity (Wildman–Crippen MR) is 111 cm³/mol. The van der Waals surface area contributed by atoms with Crippen molar-refractivity contribution in [3.63, 3.8) is 0 Å². The molecule has 0 atom stereocenters. The first-order valence-corrected chi connectivity index (χ1v) is 9.46. The minimum Gasteiger partial charge on any atom is -0.506 e. The molecule has 27 heavy (non-hydrogen) atoms. The van der Waals surface area contributed by atoms with E-state index in [4.69, 9.17) is 16.3 Å². The van der Waals surface area contributed by atoms with Gasteiger partial charge >= 0.3 is 0 Å². The molecule has 0 aliphatic heterocycles. The number of benzene rings is 3. The largest absolute Gasteiger partial charge is 0.506 e. The lowest BCUT2D eigenvalue weighted by Crippen LogP contribution is -2.28. The Balaban J connectivity index is 1.65. The topological polar surface area (TPSA) is 58.6 Å². The molecule has 4 nitrogen and oxygen atoms in total. The highest BCUT2D eigenvalue weighted by molar-refractivity contribution is 9.10. The maximum atomic E-state index is 12.5. The molecule has 3 aromatic carbocycles. The van der Waals surface area contributed by atoms with Crippen LogP contribution in [0.3, 0.4) is 0 Å². The van der Waals surface area contributed by atoms with E-state index in [-0.39, 0.29) is 16.3 Å². The Morgan fingerprint density at radius 1 is 1.04 bits per heavy atom. The normalized spacial score (nSPS) is 10.4. The summed E-state index contributed by atoms with van der Waals surface area (Å²) in [4.78, 5) is 12.5. The average molecular weight is 447 g/mol. The van der Waals surface area contributed by atoms with Gasteiger partial charge in [0.1, 0.15) is 18.1 Å². The summed E-state index contributed by atoms with van der Waals surface area (Å²) in [5, 5.41) is 13.0. The van der Waals surface area contributed by atoms with Crippen LogP contribution in [-0.2, 0) is 0 Å². The Kier molecular flexibility index (Phi) is 6.37. The quantitative estimate of drug-likeness (QED) is 0.506. The van der Waals surface area contributed by atoms with Gasteiger partial charge in [0.05, 0.1) is 17.1 Å². The fraction of sp³-hybridized carbons (Fsp3) is 0.0952. The van der Waals surface area contributed by atoms with Crippen molar-refractivity contribution in [2.24, 2.45) is 0 Å². The molecule has 0 saturated carbocycles. The molecule has 0 unspecified atom stereocenters. The van der Waals surface area contributed by atoms with Crippen LogP contribution < -0.4 is 10.1 Å². The smallest absolute Gasteiger partial charge is 0.255 e. The first-order chi connectivity index (χ1) is 13.0. The second-order valence-corrected chi connectivity index (χ2v) is 7.10. The molecule has 0 aliphatic rings. The maximum absolute atomic E-state index is 12.5. The van der Waals surface area contributed by atoms with Crippen LogP contribution in [0.25, 0.3) is 11.1 Å². The van der Waals surface area contributed by atoms with Gasteiger partial charge in [-0.3, -0.25) is 4.79 Å². The van der Waals surface area contributed by atoms with Gasteiger partial charge in [-0.25, -0.2) is 0 Å². The van der Waals surface area contributed by atoms with E-state index in [1.165, 1.54) is 0 Å². The lowest BCUT2D eigenvalue weighted by Gasteiger charge is -2.11. The molecule has 3 rings (SSSR count). The summed E-state index contributed by atoms with van der Waals surface area (Å²) in [6.45, 7) is 0.599. The van der Waals surface area contributed by atoms with Gasteiger partial charge in [0.15, 0.2) is 0 Å². The number of nitrogens with one attached hydrogen (secondary N) is 1. The van der Waals surface area contributed by atoms with Crippen molar-refractivity contribution in [2.75, 3.05) is 13.2 Å². The number of phenolic OH excluding ortho intramolecular Hbond substituents is 1. The third-order valence-corrected chi connectivity index (χ3v) is 4.70. The van der Waals surface area contributed by atoms with Crippen molar-refractivity contribution in [1.82, 2.24) is 5.32 Å². The number of hydrogen-bond acceptors (Lipinski definition) is 3. The zero-order valence-corrected chi connectivity index (χ0v) is 16.6.